The molecule has 2 aromatic rings. The number of hydrogen-bond donors (Lipinski definition) is 1. The Bertz CT molecular complexity index is 585. The Balaban J connectivity index is 2.07. The van der Waals surface area contributed by atoms with Gasteiger partial charge in [-0.1, -0.05) is 6.07 Å². The van der Waals surface area contributed by atoms with Crippen molar-refractivity contribution in [2.75, 3.05) is 12.4 Å². The average molecular weight is 244 g/mol. The van der Waals surface area contributed by atoms with Gasteiger partial charge in [-0.05, 0) is 24.5 Å². The minimum absolute atomic E-state index is 0.0590. The van der Waals surface area contributed by atoms with Gasteiger partial charge in [0, 0.05) is 19.2 Å². The van der Waals surface area contributed by atoms with Gasteiger partial charge in [-0.3, -0.25) is 4.98 Å². The summed E-state index contributed by atoms with van der Waals surface area (Å²) < 4.78 is 13.9. The molecule has 0 bridgehead atoms. The zero-order valence-electron chi connectivity index (χ0n) is 10.0. The molecule has 0 saturated carbocycles. The highest BCUT2D eigenvalue weighted by atomic mass is 19.1. The smallest absolute Gasteiger partial charge is 0.222 e. The Morgan fingerprint density at radius 1 is 1.33 bits per heavy atom. The average Bonchev–Trinajstić information content (AvgIpc) is 2.83. The number of anilines is 1. The van der Waals surface area contributed by atoms with Gasteiger partial charge in [0.1, 0.15) is 0 Å². The Morgan fingerprint density at radius 2 is 2.22 bits per heavy atom. The van der Waals surface area contributed by atoms with Gasteiger partial charge in [-0.25, -0.2) is 14.4 Å². The molecule has 92 valence electrons. The molecule has 0 fully saturated rings. The van der Waals surface area contributed by atoms with Crippen LogP contribution in [-0.2, 0) is 6.42 Å². The second kappa shape index (κ2) is 4.33. The molecule has 2 heterocycles. The number of halogens is 1. The van der Waals surface area contributed by atoms with Gasteiger partial charge in [0.05, 0.1) is 17.6 Å². The summed E-state index contributed by atoms with van der Waals surface area (Å²) in [5, 5.41) is 2.83. The van der Waals surface area contributed by atoms with Crippen LogP contribution in [-0.4, -0.2) is 22.0 Å². The van der Waals surface area contributed by atoms with Gasteiger partial charge in [0.25, 0.3) is 0 Å². The third-order valence-corrected chi connectivity index (χ3v) is 3.28. The highest BCUT2D eigenvalue weighted by Gasteiger charge is 2.28. The molecule has 1 N–H and O–H groups in total. The van der Waals surface area contributed by atoms with Crippen LogP contribution in [0.25, 0.3) is 0 Å². The number of nitrogens with one attached hydrogen (secondary N) is 1. The lowest BCUT2D eigenvalue weighted by atomic mass is 10.0. The number of nitrogens with zero attached hydrogens (tertiary/aromatic N) is 3. The standard InChI is InChI=1S/C13H13FN4/c1-15-13-17-7-10(14)12(18-13)9-5-4-8-3-2-6-16-11(8)9/h2-3,6-7,9H,4-5H2,1H3,(H,15,17,18). The molecule has 3 rings (SSSR count). The zero-order valence-corrected chi connectivity index (χ0v) is 10.0. The van der Waals surface area contributed by atoms with Crippen LogP contribution in [0.4, 0.5) is 10.3 Å². The molecule has 1 aliphatic carbocycles. The summed E-state index contributed by atoms with van der Waals surface area (Å²) in [4.78, 5) is 12.5. The summed E-state index contributed by atoms with van der Waals surface area (Å²) in [6, 6.07) is 3.96. The molecular formula is C13H13FN4. The Kier molecular flexibility index (Phi) is 2.66. The third-order valence-electron chi connectivity index (χ3n) is 3.28. The molecule has 1 unspecified atom stereocenters. The van der Waals surface area contributed by atoms with E-state index in [1.807, 2.05) is 12.1 Å². The second-order valence-electron chi connectivity index (χ2n) is 4.32. The van der Waals surface area contributed by atoms with Crippen molar-refractivity contribution in [2.45, 2.75) is 18.8 Å². The molecule has 18 heavy (non-hydrogen) atoms. The summed E-state index contributed by atoms with van der Waals surface area (Å²) in [5.41, 5.74) is 2.57. The fraction of sp³-hybridized carbons (Fsp3) is 0.308. The van der Waals surface area contributed by atoms with E-state index < -0.39 is 0 Å². The van der Waals surface area contributed by atoms with Crippen molar-refractivity contribution in [3.63, 3.8) is 0 Å². The van der Waals surface area contributed by atoms with Crippen molar-refractivity contribution in [3.05, 3.63) is 47.3 Å². The minimum Gasteiger partial charge on any atom is -0.357 e. The zero-order chi connectivity index (χ0) is 12.5. The predicted molar refractivity (Wildman–Crippen MR) is 65.9 cm³/mol. The largest absolute Gasteiger partial charge is 0.357 e. The van der Waals surface area contributed by atoms with E-state index in [0.717, 1.165) is 18.5 Å². The lowest BCUT2D eigenvalue weighted by Crippen LogP contribution is -2.08. The number of aryl methyl sites for hydroxylation is 1. The number of aromatic nitrogens is 3. The molecule has 1 aliphatic rings. The van der Waals surface area contributed by atoms with E-state index in [1.165, 1.54) is 11.8 Å². The summed E-state index contributed by atoms with van der Waals surface area (Å²) in [5.74, 6) is 0.0181. The quantitative estimate of drug-likeness (QED) is 0.879. The Labute approximate surface area is 104 Å². The maximum absolute atomic E-state index is 13.9. The first-order valence-electron chi connectivity index (χ1n) is 5.93. The minimum atomic E-state index is -0.363. The highest BCUT2D eigenvalue weighted by molar-refractivity contribution is 5.37. The van der Waals surface area contributed by atoms with E-state index in [1.54, 1.807) is 13.2 Å². The van der Waals surface area contributed by atoms with Gasteiger partial charge in [-0.2, -0.15) is 0 Å². The first kappa shape index (κ1) is 11.1. The van der Waals surface area contributed by atoms with E-state index in [4.69, 9.17) is 0 Å². The van der Waals surface area contributed by atoms with E-state index in [2.05, 4.69) is 20.3 Å². The first-order chi connectivity index (χ1) is 8.79. The predicted octanol–water partition coefficient (Wildman–Crippen LogP) is 2.13. The molecular weight excluding hydrogens is 231 g/mol. The number of hydrogen-bond acceptors (Lipinski definition) is 4. The van der Waals surface area contributed by atoms with Crippen molar-refractivity contribution in [3.8, 4) is 0 Å². The van der Waals surface area contributed by atoms with Crippen LogP contribution < -0.4 is 5.32 Å². The Morgan fingerprint density at radius 3 is 3.06 bits per heavy atom. The molecule has 2 aromatic heterocycles. The SMILES string of the molecule is CNc1ncc(F)c(C2CCc3cccnc32)n1. The maximum atomic E-state index is 13.9. The van der Waals surface area contributed by atoms with E-state index in [9.17, 15) is 4.39 Å². The molecule has 0 aromatic carbocycles. The number of rotatable bonds is 2. The van der Waals surface area contributed by atoms with Gasteiger partial charge in [0.2, 0.25) is 5.95 Å². The van der Waals surface area contributed by atoms with Crippen LogP contribution in [0.1, 0.15) is 29.3 Å². The topological polar surface area (TPSA) is 50.7 Å². The molecule has 0 spiro atoms. The fourth-order valence-corrected chi connectivity index (χ4v) is 2.42. The normalized spacial score (nSPS) is 17.6. The van der Waals surface area contributed by atoms with Crippen molar-refractivity contribution in [1.82, 2.24) is 15.0 Å². The summed E-state index contributed by atoms with van der Waals surface area (Å²) in [7, 11) is 1.72. The van der Waals surface area contributed by atoms with Gasteiger partial charge >= 0.3 is 0 Å². The molecule has 1 atom stereocenters. The van der Waals surface area contributed by atoms with Crippen LogP contribution in [0.15, 0.2) is 24.5 Å². The highest BCUT2D eigenvalue weighted by Crippen LogP contribution is 2.36. The lowest BCUT2D eigenvalue weighted by molar-refractivity contribution is 0.571. The third kappa shape index (κ3) is 1.72. The van der Waals surface area contributed by atoms with Gasteiger partial charge in [0.15, 0.2) is 5.82 Å². The summed E-state index contributed by atoms with van der Waals surface area (Å²) in [6.07, 6.45) is 4.74. The molecule has 4 nitrogen and oxygen atoms in total. The molecule has 0 radical (unpaired) electrons. The van der Waals surface area contributed by atoms with Crippen LogP contribution in [0.5, 0.6) is 0 Å². The van der Waals surface area contributed by atoms with Gasteiger partial charge in [-0.15, -0.1) is 0 Å². The van der Waals surface area contributed by atoms with E-state index >= 15 is 0 Å². The van der Waals surface area contributed by atoms with Gasteiger partial charge < -0.3 is 5.32 Å². The summed E-state index contributed by atoms with van der Waals surface area (Å²) >= 11 is 0. The van der Waals surface area contributed by atoms with Crippen LogP contribution >= 0.6 is 0 Å². The first-order valence-corrected chi connectivity index (χ1v) is 5.93. The lowest BCUT2D eigenvalue weighted by Gasteiger charge is -2.11. The summed E-state index contributed by atoms with van der Waals surface area (Å²) in [6.45, 7) is 0. The van der Waals surface area contributed by atoms with Crippen LogP contribution in [0.3, 0.4) is 0 Å². The Hall–Kier alpha value is -2.04. The van der Waals surface area contributed by atoms with Crippen molar-refractivity contribution >= 4 is 5.95 Å². The second-order valence-corrected chi connectivity index (χ2v) is 4.32. The number of pyridine rings is 1. The van der Waals surface area contributed by atoms with Crippen molar-refractivity contribution in [1.29, 1.82) is 0 Å². The van der Waals surface area contributed by atoms with Crippen LogP contribution in [0, 0.1) is 5.82 Å². The monoisotopic (exact) mass is 244 g/mol. The van der Waals surface area contributed by atoms with Crippen molar-refractivity contribution in [2.24, 2.45) is 0 Å². The molecule has 5 heteroatoms. The molecule has 0 amide bonds. The van der Waals surface area contributed by atoms with E-state index in [-0.39, 0.29) is 11.7 Å². The molecule has 0 saturated heterocycles. The van der Waals surface area contributed by atoms with Crippen LogP contribution in [0.2, 0.25) is 0 Å². The maximum Gasteiger partial charge on any atom is 0.222 e. The fourth-order valence-electron chi connectivity index (χ4n) is 2.42. The van der Waals surface area contributed by atoms with E-state index in [0.29, 0.717) is 11.6 Å². The molecule has 0 aliphatic heterocycles. The number of fused-ring (bicyclic) bond motifs is 1. The van der Waals surface area contributed by atoms with Crippen molar-refractivity contribution < 1.29 is 4.39 Å².